The van der Waals surface area contributed by atoms with Crippen molar-refractivity contribution in [3.63, 3.8) is 0 Å². The first-order chi connectivity index (χ1) is 19.6. The lowest BCUT2D eigenvalue weighted by Crippen LogP contribution is -2.10. The lowest BCUT2D eigenvalue weighted by Gasteiger charge is -2.26. The molecule has 0 N–H and O–H groups in total. The number of nitrogens with zero attached hydrogens (tertiary/aromatic N) is 5. The summed E-state index contributed by atoms with van der Waals surface area (Å²) in [4.78, 5) is 6.82. The van der Waals surface area contributed by atoms with Crippen molar-refractivity contribution in [1.29, 1.82) is 15.8 Å². The van der Waals surface area contributed by atoms with Gasteiger partial charge >= 0.3 is 0 Å². The van der Waals surface area contributed by atoms with E-state index >= 15 is 0 Å². The Bertz CT molecular complexity index is 1900. The molecule has 0 fully saturated rings. The number of benzene rings is 5. The van der Waals surface area contributed by atoms with Gasteiger partial charge in [0.25, 0.3) is 0 Å². The van der Waals surface area contributed by atoms with Crippen molar-refractivity contribution in [3.8, 4) is 39.9 Å². The Morgan fingerprint density at radius 3 is 1.60 bits per heavy atom. The third kappa shape index (κ3) is 4.77. The fraction of sp³-hybridized carbons (Fsp3) is 0. The van der Waals surface area contributed by atoms with Crippen LogP contribution in [0.5, 0.6) is 0 Å². The van der Waals surface area contributed by atoms with Crippen LogP contribution in [-0.4, -0.2) is 4.98 Å². The van der Waals surface area contributed by atoms with Crippen molar-refractivity contribution >= 4 is 38.6 Å². The van der Waals surface area contributed by atoms with Gasteiger partial charge in [-0.3, -0.25) is 0 Å². The number of aromatic nitrogens is 1. The lowest BCUT2D eigenvalue weighted by atomic mass is 10.0. The van der Waals surface area contributed by atoms with Gasteiger partial charge in [-0.05, 0) is 90.0 Å². The number of para-hydroxylation sites is 1. The molecule has 5 nitrogen and oxygen atoms in total. The SMILES string of the molecule is N#Cc1ccc(-c2ccc(N(c3ccc(-c4nc5ccccc5s4)cc3)c3cc(C#N)cc(C#N)c3)cc2)cc1. The van der Waals surface area contributed by atoms with Crippen LogP contribution in [0.3, 0.4) is 0 Å². The van der Waals surface area contributed by atoms with Crippen LogP contribution in [0.15, 0.2) is 115 Å². The Morgan fingerprint density at radius 1 is 0.525 bits per heavy atom. The molecular formula is C34H19N5S. The summed E-state index contributed by atoms with van der Waals surface area (Å²) in [5.41, 5.74) is 7.95. The number of nitriles is 3. The highest BCUT2D eigenvalue weighted by molar-refractivity contribution is 7.21. The molecule has 6 rings (SSSR count). The molecule has 0 unspecified atom stereocenters. The minimum atomic E-state index is 0.416. The third-order valence-corrected chi connectivity index (χ3v) is 7.66. The minimum Gasteiger partial charge on any atom is -0.310 e. The zero-order valence-electron chi connectivity index (χ0n) is 21.1. The molecule has 40 heavy (non-hydrogen) atoms. The zero-order chi connectivity index (χ0) is 27.5. The second-order valence-corrected chi connectivity index (χ2v) is 10.1. The molecule has 0 bridgehead atoms. The Balaban J connectivity index is 1.42. The first-order valence-electron chi connectivity index (χ1n) is 12.5. The second kappa shape index (κ2) is 10.6. The fourth-order valence-corrected chi connectivity index (χ4v) is 5.58. The summed E-state index contributed by atoms with van der Waals surface area (Å²) in [6, 6.07) is 43.5. The number of thiazole rings is 1. The number of hydrogen-bond acceptors (Lipinski definition) is 6. The van der Waals surface area contributed by atoms with Crippen LogP contribution in [-0.2, 0) is 0 Å². The van der Waals surface area contributed by atoms with Gasteiger partial charge in [0, 0.05) is 22.6 Å². The predicted octanol–water partition coefficient (Wildman–Crippen LogP) is 8.72. The maximum Gasteiger partial charge on any atom is 0.124 e. The van der Waals surface area contributed by atoms with Gasteiger partial charge in [-0.2, -0.15) is 15.8 Å². The van der Waals surface area contributed by atoms with Gasteiger partial charge in [-0.1, -0.05) is 36.4 Å². The average molecular weight is 530 g/mol. The van der Waals surface area contributed by atoms with Crippen LogP contribution in [0.25, 0.3) is 31.9 Å². The zero-order valence-corrected chi connectivity index (χ0v) is 21.9. The normalized spacial score (nSPS) is 10.4. The van der Waals surface area contributed by atoms with Gasteiger partial charge in [-0.25, -0.2) is 4.98 Å². The van der Waals surface area contributed by atoms with Crippen LogP contribution in [0.2, 0.25) is 0 Å². The maximum atomic E-state index is 9.62. The fourth-order valence-electron chi connectivity index (χ4n) is 4.61. The first-order valence-corrected chi connectivity index (χ1v) is 13.3. The van der Waals surface area contributed by atoms with Crippen molar-refractivity contribution in [2.75, 3.05) is 4.90 Å². The Hall–Kier alpha value is -5.74. The predicted molar refractivity (Wildman–Crippen MR) is 159 cm³/mol. The van der Waals surface area contributed by atoms with Crippen molar-refractivity contribution < 1.29 is 0 Å². The van der Waals surface area contributed by atoms with E-state index in [0.29, 0.717) is 16.7 Å². The Kier molecular flexibility index (Phi) is 6.49. The maximum absolute atomic E-state index is 9.62. The van der Waals surface area contributed by atoms with Crippen molar-refractivity contribution in [3.05, 3.63) is 132 Å². The van der Waals surface area contributed by atoms with Crippen LogP contribution in [0.4, 0.5) is 17.1 Å². The van der Waals surface area contributed by atoms with Gasteiger partial charge < -0.3 is 4.90 Å². The van der Waals surface area contributed by atoms with E-state index in [4.69, 9.17) is 10.2 Å². The lowest BCUT2D eigenvalue weighted by molar-refractivity contribution is 1.27. The molecule has 0 aliphatic carbocycles. The van der Waals surface area contributed by atoms with E-state index in [-0.39, 0.29) is 0 Å². The van der Waals surface area contributed by atoms with E-state index < -0.39 is 0 Å². The van der Waals surface area contributed by atoms with E-state index in [9.17, 15) is 10.5 Å². The first kappa shape index (κ1) is 24.6. The second-order valence-electron chi connectivity index (χ2n) is 9.10. The summed E-state index contributed by atoms with van der Waals surface area (Å²) in [5, 5.41) is 29.3. The summed E-state index contributed by atoms with van der Waals surface area (Å²) >= 11 is 1.65. The molecule has 1 heterocycles. The Morgan fingerprint density at radius 2 is 1.05 bits per heavy atom. The standard InChI is InChI=1S/C34H19N5S/c35-20-23-5-7-26(8-6-23)27-9-13-29(14-10-27)39(31-18-24(21-36)17-25(19-31)22-37)30-15-11-28(12-16-30)34-38-32-3-1-2-4-33(32)40-34/h1-19H. The van der Waals surface area contributed by atoms with Crippen molar-refractivity contribution in [2.24, 2.45) is 0 Å². The van der Waals surface area contributed by atoms with E-state index in [0.717, 1.165) is 49.0 Å². The minimum absolute atomic E-state index is 0.416. The number of rotatable bonds is 5. The molecule has 0 saturated heterocycles. The summed E-state index contributed by atoms with van der Waals surface area (Å²) in [5.74, 6) is 0. The average Bonchev–Trinajstić information content (AvgIpc) is 3.46. The summed E-state index contributed by atoms with van der Waals surface area (Å²) in [6.07, 6.45) is 0. The van der Waals surface area contributed by atoms with Gasteiger partial charge in [0.1, 0.15) is 5.01 Å². The van der Waals surface area contributed by atoms with Crippen LogP contribution >= 0.6 is 11.3 Å². The highest BCUT2D eigenvalue weighted by atomic mass is 32.1. The quantitative estimate of drug-likeness (QED) is 0.223. The Labute approximate surface area is 235 Å². The largest absolute Gasteiger partial charge is 0.310 e. The summed E-state index contributed by atoms with van der Waals surface area (Å²) in [6.45, 7) is 0. The highest BCUT2D eigenvalue weighted by Gasteiger charge is 2.16. The molecule has 5 aromatic carbocycles. The molecule has 186 valence electrons. The monoisotopic (exact) mass is 529 g/mol. The van der Waals surface area contributed by atoms with Gasteiger partial charge in [0.2, 0.25) is 0 Å². The molecule has 0 atom stereocenters. The molecule has 0 radical (unpaired) electrons. The van der Waals surface area contributed by atoms with E-state index in [1.807, 2.05) is 83.8 Å². The van der Waals surface area contributed by atoms with Gasteiger partial charge in [-0.15, -0.1) is 11.3 Å². The van der Waals surface area contributed by atoms with Crippen LogP contribution in [0, 0.1) is 34.0 Å². The van der Waals surface area contributed by atoms with Crippen LogP contribution in [0.1, 0.15) is 16.7 Å². The topological polar surface area (TPSA) is 87.5 Å². The number of fused-ring (bicyclic) bond motifs is 1. The van der Waals surface area contributed by atoms with E-state index in [1.54, 1.807) is 41.7 Å². The molecule has 1 aromatic heterocycles. The molecule has 0 saturated carbocycles. The molecule has 6 aromatic rings. The smallest absolute Gasteiger partial charge is 0.124 e. The third-order valence-electron chi connectivity index (χ3n) is 6.57. The highest BCUT2D eigenvalue weighted by Crippen LogP contribution is 2.38. The van der Waals surface area contributed by atoms with Crippen molar-refractivity contribution in [2.45, 2.75) is 0 Å². The number of anilines is 3. The van der Waals surface area contributed by atoms with Gasteiger partial charge in [0.15, 0.2) is 0 Å². The van der Waals surface area contributed by atoms with E-state index in [2.05, 4.69) is 24.3 Å². The van der Waals surface area contributed by atoms with Gasteiger partial charge in [0.05, 0.1) is 45.1 Å². The van der Waals surface area contributed by atoms with Crippen molar-refractivity contribution in [1.82, 2.24) is 4.98 Å². The molecular weight excluding hydrogens is 510 g/mol. The summed E-state index contributed by atoms with van der Waals surface area (Å²) in [7, 11) is 0. The molecule has 0 aliphatic rings. The molecule has 6 heteroatoms. The molecule has 0 amide bonds. The molecule has 0 spiro atoms. The molecule has 0 aliphatic heterocycles. The van der Waals surface area contributed by atoms with Crippen LogP contribution < -0.4 is 4.90 Å². The summed E-state index contributed by atoms with van der Waals surface area (Å²) < 4.78 is 1.14. The van der Waals surface area contributed by atoms with E-state index in [1.165, 1.54) is 0 Å². The number of hydrogen-bond donors (Lipinski definition) is 0.